The molecule has 4 nitrogen and oxygen atoms in total. The Hall–Kier alpha value is -2.33. The van der Waals surface area contributed by atoms with Crippen LogP contribution < -0.4 is 5.06 Å². The van der Waals surface area contributed by atoms with Crippen LogP contribution in [-0.2, 0) is 4.79 Å². The van der Waals surface area contributed by atoms with E-state index in [4.69, 9.17) is 0 Å². The second-order valence-electron chi connectivity index (χ2n) is 3.50. The van der Waals surface area contributed by atoms with Crippen molar-refractivity contribution in [2.45, 2.75) is 0 Å². The molecule has 17 heavy (non-hydrogen) atoms. The van der Waals surface area contributed by atoms with Crippen molar-refractivity contribution >= 4 is 11.5 Å². The topological polar surface area (TPSA) is 60.8 Å². The normalized spacial score (nSPS) is 17.1. The molecule has 4 heteroatoms. The molecular weight excluding hydrogens is 218 g/mol. The zero-order valence-electron chi connectivity index (χ0n) is 8.95. The molecule has 0 radical (unpaired) electrons. The summed E-state index contributed by atoms with van der Waals surface area (Å²) in [5.74, 6) is -0.845. The Labute approximate surface area is 98.4 Å². The predicted octanol–water partition coefficient (Wildman–Crippen LogP) is 2.35. The highest BCUT2D eigenvalue weighted by Crippen LogP contribution is 2.16. The number of carbonyl (C=O) groups is 1. The van der Waals surface area contributed by atoms with E-state index < -0.39 is 5.78 Å². The summed E-state index contributed by atoms with van der Waals surface area (Å²) in [7, 11) is 0. The number of hydrogen-bond acceptors (Lipinski definition) is 4. The van der Waals surface area contributed by atoms with Crippen LogP contribution in [0.25, 0.3) is 0 Å². The van der Waals surface area contributed by atoms with Gasteiger partial charge in [-0.15, -0.1) is 0 Å². The van der Waals surface area contributed by atoms with Gasteiger partial charge in [0.1, 0.15) is 0 Å². The number of aliphatic hydroxyl groups excluding tert-OH is 1. The van der Waals surface area contributed by atoms with Gasteiger partial charge in [-0.3, -0.25) is 10.0 Å². The lowest BCUT2D eigenvalue weighted by Gasteiger charge is -2.14. The quantitative estimate of drug-likeness (QED) is 0.603. The Balaban J connectivity index is 2.24. The number of para-hydroxylation sites is 1. The third-order valence-electron chi connectivity index (χ3n) is 2.31. The Kier molecular flexibility index (Phi) is 3.07. The summed E-state index contributed by atoms with van der Waals surface area (Å²) in [4.78, 5) is 11.5. The second-order valence-corrected chi connectivity index (χ2v) is 3.50. The largest absolute Gasteiger partial charge is 0.504 e. The number of aliphatic hydroxyl groups is 1. The highest BCUT2D eigenvalue weighted by molar-refractivity contribution is 6.09. The maximum absolute atomic E-state index is 11.5. The Morgan fingerprint density at radius 1 is 1.18 bits per heavy atom. The van der Waals surface area contributed by atoms with Crippen molar-refractivity contribution in [3.8, 4) is 0 Å². The molecule has 0 saturated heterocycles. The van der Waals surface area contributed by atoms with E-state index in [1.165, 1.54) is 18.4 Å². The van der Waals surface area contributed by atoms with Gasteiger partial charge < -0.3 is 5.11 Å². The molecule has 2 rings (SSSR count). The van der Waals surface area contributed by atoms with Crippen LogP contribution >= 0.6 is 0 Å². The standard InChI is InChI=1S/C13H11NO3/c15-12-8-4-5-10(13(12)16)9-14(17)11-6-2-1-3-7-11/h1-9,15,17H/b10-9+. The molecule has 0 fully saturated rings. The molecule has 1 aliphatic carbocycles. The first-order valence-electron chi connectivity index (χ1n) is 5.05. The fraction of sp³-hybridized carbons (Fsp3) is 0. The minimum Gasteiger partial charge on any atom is -0.504 e. The fourth-order valence-corrected chi connectivity index (χ4v) is 1.43. The number of Topliss-reactive ketones (excluding diaryl/α,β-unsaturated/α-hetero) is 1. The molecule has 2 N–H and O–H groups in total. The first kappa shape index (κ1) is 11.2. The second kappa shape index (κ2) is 4.67. The Morgan fingerprint density at radius 3 is 2.59 bits per heavy atom. The summed E-state index contributed by atoms with van der Waals surface area (Å²) in [6.45, 7) is 0. The van der Waals surface area contributed by atoms with Gasteiger partial charge in [0.25, 0.3) is 0 Å². The van der Waals surface area contributed by atoms with Crippen molar-refractivity contribution in [2.24, 2.45) is 0 Å². The van der Waals surface area contributed by atoms with Gasteiger partial charge in [0, 0.05) is 11.8 Å². The van der Waals surface area contributed by atoms with E-state index in [1.54, 1.807) is 30.3 Å². The highest BCUT2D eigenvalue weighted by Gasteiger charge is 2.15. The first-order chi connectivity index (χ1) is 8.18. The molecule has 0 amide bonds. The number of rotatable bonds is 2. The predicted molar refractivity (Wildman–Crippen MR) is 63.6 cm³/mol. The van der Waals surface area contributed by atoms with Crippen molar-refractivity contribution < 1.29 is 15.1 Å². The molecule has 0 atom stereocenters. The van der Waals surface area contributed by atoms with Gasteiger partial charge in [-0.25, -0.2) is 5.06 Å². The van der Waals surface area contributed by atoms with Crippen LogP contribution in [0.3, 0.4) is 0 Å². The lowest BCUT2D eigenvalue weighted by atomic mass is 10.1. The van der Waals surface area contributed by atoms with Gasteiger partial charge in [-0.05, 0) is 24.3 Å². The summed E-state index contributed by atoms with van der Waals surface area (Å²) in [6, 6.07) is 8.76. The van der Waals surface area contributed by atoms with Crippen LogP contribution in [0.15, 0.2) is 66.1 Å². The van der Waals surface area contributed by atoms with Gasteiger partial charge >= 0.3 is 0 Å². The number of hydrogen-bond donors (Lipinski definition) is 2. The fourth-order valence-electron chi connectivity index (χ4n) is 1.43. The average molecular weight is 229 g/mol. The SMILES string of the molecule is O=C1C(O)=CC=C/C1=C\N(O)c1ccccc1. The van der Waals surface area contributed by atoms with E-state index in [0.29, 0.717) is 5.69 Å². The number of allylic oxidation sites excluding steroid dienone is 4. The van der Waals surface area contributed by atoms with Crippen LogP contribution in [0.1, 0.15) is 0 Å². The highest BCUT2D eigenvalue weighted by atomic mass is 16.5. The third-order valence-corrected chi connectivity index (χ3v) is 2.31. The van der Waals surface area contributed by atoms with Gasteiger partial charge in [-0.1, -0.05) is 24.3 Å². The van der Waals surface area contributed by atoms with Crippen LogP contribution in [-0.4, -0.2) is 16.1 Å². The van der Waals surface area contributed by atoms with Crippen molar-refractivity contribution in [2.75, 3.05) is 5.06 Å². The number of benzene rings is 1. The van der Waals surface area contributed by atoms with Gasteiger partial charge in [0.05, 0.1) is 5.69 Å². The molecule has 1 aromatic rings. The summed E-state index contributed by atoms with van der Waals surface area (Å²) in [6.07, 6.45) is 5.64. The van der Waals surface area contributed by atoms with Crippen molar-refractivity contribution in [1.29, 1.82) is 0 Å². The van der Waals surface area contributed by atoms with Gasteiger partial charge in [-0.2, -0.15) is 0 Å². The maximum atomic E-state index is 11.5. The average Bonchev–Trinajstić information content (AvgIpc) is 2.36. The Morgan fingerprint density at radius 2 is 1.88 bits per heavy atom. The summed E-state index contributed by atoms with van der Waals surface area (Å²) in [5, 5.41) is 19.8. The smallest absolute Gasteiger partial charge is 0.228 e. The van der Waals surface area contributed by atoms with Crippen molar-refractivity contribution in [3.05, 3.63) is 66.1 Å². The lowest BCUT2D eigenvalue weighted by molar-refractivity contribution is -0.114. The van der Waals surface area contributed by atoms with Crippen molar-refractivity contribution in [1.82, 2.24) is 0 Å². The third kappa shape index (κ3) is 2.43. The van der Waals surface area contributed by atoms with E-state index >= 15 is 0 Å². The number of hydroxylamine groups is 1. The van der Waals surface area contributed by atoms with E-state index in [1.807, 2.05) is 6.07 Å². The van der Waals surface area contributed by atoms with Crippen LogP contribution in [0, 0.1) is 0 Å². The van der Waals surface area contributed by atoms with Crippen LogP contribution in [0.5, 0.6) is 0 Å². The van der Waals surface area contributed by atoms with E-state index in [9.17, 15) is 15.1 Å². The monoisotopic (exact) mass is 229 g/mol. The van der Waals surface area contributed by atoms with E-state index in [2.05, 4.69) is 0 Å². The zero-order valence-corrected chi connectivity index (χ0v) is 8.95. The molecule has 1 aliphatic rings. The molecule has 0 heterocycles. The first-order valence-corrected chi connectivity index (χ1v) is 5.05. The van der Waals surface area contributed by atoms with Gasteiger partial charge in [0.2, 0.25) is 5.78 Å². The molecule has 0 bridgehead atoms. The summed E-state index contributed by atoms with van der Waals surface area (Å²) in [5.41, 5.74) is 0.756. The minimum absolute atomic E-state index is 0.219. The molecule has 0 unspecified atom stereocenters. The number of nitrogens with zero attached hydrogens (tertiary/aromatic N) is 1. The molecule has 0 aromatic heterocycles. The van der Waals surface area contributed by atoms with Crippen LogP contribution in [0.4, 0.5) is 5.69 Å². The summed E-state index contributed by atoms with van der Waals surface area (Å²) >= 11 is 0. The number of ketones is 1. The molecule has 0 aliphatic heterocycles. The summed E-state index contributed by atoms with van der Waals surface area (Å²) < 4.78 is 0. The molecule has 0 saturated carbocycles. The zero-order chi connectivity index (χ0) is 12.3. The number of anilines is 1. The Bertz CT molecular complexity index is 515. The van der Waals surface area contributed by atoms with Gasteiger partial charge in [0.15, 0.2) is 5.76 Å². The minimum atomic E-state index is -0.512. The van der Waals surface area contributed by atoms with E-state index in [0.717, 1.165) is 5.06 Å². The van der Waals surface area contributed by atoms with Crippen LogP contribution in [0.2, 0.25) is 0 Å². The molecule has 1 aromatic carbocycles. The van der Waals surface area contributed by atoms with Crippen molar-refractivity contribution in [3.63, 3.8) is 0 Å². The van der Waals surface area contributed by atoms with E-state index in [-0.39, 0.29) is 11.3 Å². The molecule has 0 spiro atoms. The molecular formula is C13H11NO3. The lowest BCUT2D eigenvalue weighted by Crippen LogP contribution is -2.15. The number of carbonyl (C=O) groups excluding carboxylic acids is 1. The maximum Gasteiger partial charge on any atom is 0.228 e. The molecule has 86 valence electrons.